The van der Waals surface area contributed by atoms with Crippen molar-refractivity contribution in [3.63, 3.8) is 0 Å². The van der Waals surface area contributed by atoms with E-state index in [9.17, 15) is 9.59 Å². The molecule has 0 fully saturated rings. The number of nitrogens with zero attached hydrogens (tertiary/aromatic N) is 1. The van der Waals surface area contributed by atoms with E-state index in [2.05, 4.69) is 0 Å². The summed E-state index contributed by atoms with van der Waals surface area (Å²) in [6.07, 6.45) is 1.36. The number of esters is 2. The number of hydrogen-bond acceptors (Lipinski definition) is 7. The Balaban J connectivity index is 2.10. The molecule has 7 nitrogen and oxygen atoms in total. The molecule has 2 rings (SSSR count). The van der Waals surface area contributed by atoms with Crippen LogP contribution in [0.2, 0.25) is 5.02 Å². The summed E-state index contributed by atoms with van der Waals surface area (Å²) in [6.45, 7) is 5.19. The number of aryl methyl sites for hydroxylation is 2. The lowest BCUT2D eigenvalue weighted by Crippen LogP contribution is -2.18. The molecule has 0 unspecified atom stereocenters. The number of carbonyl (C=O) groups is 2. The second-order valence-electron chi connectivity index (χ2n) is 6.43. The first kappa shape index (κ1) is 23.8. The number of carbonyl (C=O) groups excluding carboxylic acids is 2. The van der Waals surface area contributed by atoms with Gasteiger partial charge in [0.05, 0.1) is 13.7 Å². The molecule has 2 aromatic rings. The molecule has 0 atom stereocenters. The lowest BCUT2D eigenvalue weighted by Gasteiger charge is -2.12. The predicted octanol–water partition coefficient (Wildman–Crippen LogP) is 4.42. The van der Waals surface area contributed by atoms with E-state index in [-0.39, 0.29) is 30.3 Å². The van der Waals surface area contributed by atoms with Crippen molar-refractivity contribution >= 4 is 29.6 Å². The Morgan fingerprint density at radius 1 is 1.13 bits per heavy atom. The molecule has 0 aromatic heterocycles. The van der Waals surface area contributed by atoms with Crippen LogP contribution in [0.15, 0.2) is 35.9 Å². The van der Waals surface area contributed by atoms with Gasteiger partial charge in [-0.15, -0.1) is 0 Å². The smallest absolute Gasteiger partial charge is 0.349 e. The fraction of sp³-hybridized carbons (Fsp3) is 0.261. The van der Waals surface area contributed by atoms with Crippen molar-refractivity contribution in [1.29, 1.82) is 5.26 Å². The third-order valence-corrected chi connectivity index (χ3v) is 4.70. The summed E-state index contributed by atoms with van der Waals surface area (Å²) in [5.74, 6) is -0.417. The van der Waals surface area contributed by atoms with E-state index in [0.29, 0.717) is 16.3 Å². The van der Waals surface area contributed by atoms with Crippen LogP contribution in [0, 0.1) is 25.2 Å². The van der Waals surface area contributed by atoms with Crippen molar-refractivity contribution < 1.29 is 28.5 Å². The standard InChI is InChI=1S/C23H22ClNO6/c1-5-29-23(27)17(12-25)10-16-6-7-19(20(11-16)28-4)31-21(26)13-30-18-8-14(2)22(24)15(3)9-18/h6-11H,5,13H2,1-4H3/b17-10+. The summed E-state index contributed by atoms with van der Waals surface area (Å²) in [4.78, 5) is 24.0. The molecule has 2 aromatic carbocycles. The van der Waals surface area contributed by atoms with E-state index in [0.717, 1.165) is 11.1 Å². The number of ether oxygens (including phenoxy) is 4. The Morgan fingerprint density at radius 3 is 2.39 bits per heavy atom. The Bertz CT molecular complexity index is 1030. The van der Waals surface area contributed by atoms with Gasteiger partial charge in [0.1, 0.15) is 17.4 Å². The highest BCUT2D eigenvalue weighted by molar-refractivity contribution is 6.32. The third kappa shape index (κ3) is 6.49. The first-order valence-electron chi connectivity index (χ1n) is 9.36. The van der Waals surface area contributed by atoms with Crippen LogP contribution in [0.25, 0.3) is 6.08 Å². The molecule has 0 saturated heterocycles. The summed E-state index contributed by atoms with van der Waals surface area (Å²) in [5, 5.41) is 9.80. The minimum absolute atomic E-state index is 0.157. The number of nitriles is 1. The fourth-order valence-electron chi connectivity index (χ4n) is 2.65. The van der Waals surface area contributed by atoms with E-state index in [1.165, 1.54) is 25.3 Å². The quantitative estimate of drug-likeness (QED) is 0.258. The zero-order valence-corrected chi connectivity index (χ0v) is 18.4. The molecule has 31 heavy (non-hydrogen) atoms. The van der Waals surface area contributed by atoms with E-state index in [1.54, 1.807) is 31.2 Å². The fourth-order valence-corrected chi connectivity index (χ4v) is 2.76. The average Bonchev–Trinajstić information content (AvgIpc) is 2.75. The topological polar surface area (TPSA) is 94.9 Å². The van der Waals surface area contributed by atoms with E-state index in [4.69, 9.17) is 35.8 Å². The third-order valence-electron chi connectivity index (χ3n) is 4.10. The summed E-state index contributed by atoms with van der Waals surface area (Å²) in [7, 11) is 1.41. The molecule has 0 N–H and O–H groups in total. The van der Waals surface area contributed by atoms with Crippen LogP contribution < -0.4 is 14.2 Å². The lowest BCUT2D eigenvalue weighted by molar-refractivity contribution is -0.138. The van der Waals surface area contributed by atoms with Crippen molar-refractivity contribution in [3.05, 3.63) is 57.6 Å². The van der Waals surface area contributed by atoms with Gasteiger partial charge in [0.25, 0.3) is 0 Å². The predicted molar refractivity (Wildman–Crippen MR) is 115 cm³/mol. The van der Waals surface area contributed by atoms with Crippen LogP contribution in [0.1, 0.15) is 23.6 Å². The van der Waals surface area contributed by atoms with Gasteiger partial charge in [0.15, 0.2) is 18.1 Å². The summed E-state index contributed by atoms with van der Waals surface area (Å²) >= 11 is 6.13. The highest BCUT2D eigenvalue weighted by Gasteiger charge is 2.14. The van der Waals surface area contributed by atoms with Crippen LogP contribution in [0.4, 0.5) is 0 Å². The molecule has 0 radical (unpaired) electrons. The zero-order chi connectivity index (χ0) is 23.0. The first-order chi connectivity index (χ1) is 14.8. The summed E-state index contributed by atoms with van der Waals surface area (Å²) in [5.41, 5.74) is 2.03. The van der Waals surface area contributed by atoms with Crippen LogP contribution in [-0.4, -0.2) is 32.3 Å². The highest BCUT2D eigenvalue weighted by Crippen LogP contribution is 2.30. The molecular formula is C23H22ClNO6. The average molecular weight is 444 g/mol. The van der Waals surface area contributed by atoms with E-state index >= 15 is 0 Å². The molecule has 8 heteroatoms. The van der Waals surface area contributed by atoms with Gasteiger partial charge in [-0.1, -0.05) is 17.7 Å². The number of methoxy groups -OCH3 is 1. The molecule has 0 aliphatic heterocycles. The lowest BCUT2D eigenvalue weighted by atomic mass is 10.1. The molecule has 162 valence electrons. The van der Waals surface area contributed by atoms with Crippen LogP contribution in [0.5, 0.6) is 17.2 Å². The second-order valence-corrected chi connectivity index (χ2v) is 6.81. The molecule has 0 spiro atoms. The van der Waals surface area contributed by atoms with Crippen molar-refractivity contribution in [2.24, 2.45) is 0 Å². The maximum Gasteiger partial charge on any atom is 0.349 e. The number of benzene rings is 2. The van der Waals surface area contributed by atoms with Crippen molar-refractivity contribution in [2.75, 3.05) is 20.3 Å². The minimum Gasteiger partial charge on any atom is -0.493 e. The molecule has 0 bridgehead atoms. The van der Waals surface area contributed by atoms with Gasteiger partial charge in [-0.3, -0.25) is 0 Å². The molecule has 0 aliphatic rings. The van der Waals surface area contributed by atoms with Crippen LogP contribution in [-0.2, 0) is 14.3 Å². The van der Waals surface area contributed by atoms with Crippen molar-refractivity contribution in [3.8, 4) is 23.3 Å². The van der Waals surface area contributed by atoms with Gasteiger partial charge in [0.2, 0.25) is 0 Å². The second kappa shape index (κ2) is 11.0. The molecule has 0 aliphatic carbocycles. The van der Waals surface area contributed by atoms with Gasteiger partial charge in [-0.2, -0.15) is 5.26 Å². The molecule has 0 heterocycles. The number of halogens is 1. The Kier molecular flexibility index (Phi) is 8.47. The Labute approximate surface area is 185 Å². The SMILES string of the molecule is CCOC(=O)/C(C#N)=C/c1ccc(OC(=O)COc2cc(C)c(Cl)c(C)c2)c(OC)c1. The summed E-state index contributed by atoms with van der Waals surface area (Å²) < 4.78 is 20.9. The zero-order valence-electron chi connectivity index (χ0n) is 17.7. The Hall–Kier alpha value is -3.50. The van der Waals surface area contributed by atoms with Gasteiger partial charge in [-0.05, 0) is 67.8 Å². The van der Waals surface area contributed by atoms with Crippen LogP contribution in [0.3, 0.4) is 0 Å². The minimum atomic E-state index is -0.718. The molecular weight excluding hydrogens is 422 g/mol. The number of rotatable bonds is 8. The van der Waals surface area contributed by atoms with Gasteiger partial charge in [-0.25, -0.2) is 9.59 Å². The first-order valence-corrected chi connectivity index (χ1v) is 9.74. The maximum atomic E-state index is 12.2. The van der Waals surface area contributed by atoms with Crippen LogP contribution >= 0.6 is 11.6 Å². The molecule has 0 amide bonds. The van der Waals surface area contributed by atoms with Gasteiger partial charge in [0, 0.05) is 5.02 Å². The van der Waals surface area contributed by atoms with E-state index < -0.39 is 11.9 Å². The van der Waals surface area contributed by atoms with Crippen molar-refractivity contribution in [2.45, 2.75) is 20.8 Å². The van der Waals surface area contributed by atoms with Gasteiger partial charge >= 0.3 is 11.9 Å². The largest absolute Gasteiger partial charge is 0.493 e. The monoisotopic (exact) mass is 443 g/mol. The van der Waals surface area contributed by atoms with Gasteiger partial charge < -0.3 is 18.9 Å². The Morgan fingerprint density at radius 2 is 1.81 bits per heavy atom. The maximum absolute atomic E-state index is 12.2. The van der Waals surface area contributed by atoms with Crippen molar-refractivity contribution in [1.82, 2.24) is 0 Å². The van der Waals surface area contributed by atoms with E-state index in [1.807, 2.05) is 13.8 Å². The normalized spacial score (nSPS) is 10.8. The molecule has 0 saturated carbocycles. The number of hydrogen-bond donors (Lipinski definition) is 0. The summed E-state index contributed by atoms with van der Waals surface area (Å²) in [6, 6.07) is 9.88. The highest BCUT2D eigenvalue weighted by atomic mass is 35.5.